The molecule has 0 radical (unpaired) electrons. The van der Waals surface area contributed by atoms with Crippen LogP contribution in [0.4, 0.5) is 15.8 Å². The Morgan fingerprint density at radius 1 is 1.53 bits per heavy atom. The van der Waals surface area contributed by atoms with Crippen molar-refractivity contribution in [3.8, 4) is 0 Å². The number of rotatable bonds is 5. The van der Waals surface area contributed by atoms with Crippen molar-refractivity contribution in [2.45, 2.75) is 13.0 Å². The van der Waals surface area contributed by atoms with Gasteiger partial charge in [0.25, 0.3) is 5.56 Å². The molecule has 0 aliphatic rings. The summed E-state index contributed by atoms with van der Waals surface area (Å²) in [5.74, 6) is 0. The van der Waals surface area contributed by atoms with E-state index in [4.69, 9.17) is 5.73 Å². The van der Waals surface area contributed by atoms with E-state index >= 15 is 0 Å². The van der Waals surface area contributed by atoms with E-state index in [1.165, 1.54) is 4.57 Å². The summed E-state index contributed by atoms with van der Waals surface area (Å²) in [7, 11) is 1.78. The zero-order valence-corrected chi connectivity index (χ0v) is 10.7. The largest absolute Gasteiger partial charge is 0.394 e. The summed E-state index contributed by atoms with van der Waals surface area (Å²) in [5.41, 5.74) is 8.05. The monoisotopic (exact) mass is 264 g/mol. The summed E-state index contributed by atoms with van der Waals surface area (Å²) in [4.78, 5) is 14.9. The van der Waals surface area contributed by atoms with Gasteiger partial charge in [0.15, 0.2) is 0 Å². The highest BCUT2D eigenvalue weighted by molar-refractivity contribution is 5.50. The van der Waals surface area contributed by atoms with Crippen LogP contribution in [-0.4, -0.2) is 23.3 Å². The van der Waals surface area contributed by atoms with Gasteiger partial charge in [-0.15, -0.1) is 0 Å². The number of nitrogens with one attached hydrogen (secondary N) is 2. The first-order valence-corrected chi connectivity index (χ1v) is 6.05. The van der Waals surface area contributed by atoms with Crippen LogP contribution >= 0.6 is 0 Å². The average molecular weight is 264 g/mol. The van der Waals surface area contributed by atoms with Gasteiger partial charge in [0.1, 0.15) is 0 Å². The lowest BCUT2D eigenvalue weighted by molar-refractivity contribution is 0.492. The second-order valence-electron chi connectivity index (χ2n) is 4.27. The van der Waals surface area contributed by atoms with Gasteiger partial charge < -0.3 is 20.6 Å². The molecule has 4 N–H and O–H groups in total. The summed E-state index contributed by atoms with van der Waals surface area (Å²) >= 11 is 0. The third kappa shape index (κ3) is 2.78. The molecule has 2 heterocycles. The smallest absolute Gasteiger partial charge is 0.274 e. The number of anilines is 2. The van der Waals surface area contributed by atoms with Crippen molar-refractivity contribution < 1.29 is 4.39 Å². The summed E-state index contributed by atoms with van der Waals surface area (Å²) in [6.07, 6.45) is 2.00. The highest BCUT2D eigenvalue weighted by Gasteiger charge is 2.08. The molecule has 0 atom stereocenters. The van der Waals surface area contributed by atoms with Crippen LogP contribution < -0.4 is 16.6 Å². The summed E-state index contributed by atoms with van der Waals surface area (Å²) in [6.45, 7) is -0.0439. The molecule has 0 aliphatic carbocycles. The van der Waals surface area contributed by atoms with Crippen LogP contribution in [0.2, 0.25) is 0 Å². The number of aromatic nitrogens is 2. The third-order valence-corrected chi connectivity index (χ3v) is 2.96. The van der Waals surface area contributed by atoms with Crippen LogP contribution in [0.25, 0.3) is 0 Å². The molecule has 0 bridgehead atoms. The molecule has 2 aromatic heterocycles. The number of hydrogen-bond acceptors (Lipinski definition) is 3. The number of nitrogens with two attached hydrogens (primary N) is 1. The van der Waals surface area contributed by atoms with Crippen molar-refractivity contribution >= 4 is 11.4 Å². The predicted octanol–water partition coefficient (Wildman–Crippen LogP) is 1.36. The first-order valence-electron chi connectivity index (χ1n) is 6.05. The minimum Gasteiger partial charge on any atom is -0.394 e. The molecular weight excluding hydrogens is 247 g/mol. The van der Waals surface area contributed by atoms with Crippen molar-refractivity contribution in [1.29, 1.82) is 0 Å². The zero-order valence-electron chi connectivity index (χ0n) is 10.7. The number of halogens is 1. The minimum absolute atomic E-state index is 0.215. The molecule has 0 amide bonds. The number of aryl methyl sites for hydroxylation is 1. The van der Waals surface area contributed by atoms with Gasteiger partial charge in [-0.25, -0.2) is 0 Å². The number of nitrogen functional groups attached to an aromatic ring is 1. The van der Waals surface area contributed by atoms with Crippen molar-refractivity contribution in [2.75, 3.05) is 24.8 Å². The van der Waals surface area contributed by atoms with E-state index in [1.807, 2.05) is 6.07 Å². The van der Waals surface area contributed by atoms with Gasteiger partial charge in [-0.1, -0.05) is 0 Å². The fourth-order valence-electron chi connectivity index (χ4n) is 2.02. The van der Waals surface area contributed by atoms with Gasteiger partial charge in [0.05, 0.1) is 24.6 Å². The number of hydrogen-bond donors (Lipinski definition) is 3. The lowest BCUT2D eigenvalue weighted by Crippen LogP contribution is -2.22. The van der Waals surface area contributed by atoms with Crippen LogP contribution in [0.3, 0.4) is 0 Å². The maximum atomic E-state index is 12.4. The topological polar surface area (TPSA) is 75.8 Å². The van der Waals surface area contributed by atoms with Crippen molar-refractivity contribution in [3.63, 3.8) is 0 Å². The summed E-state index contributed by atoms with van der Waals surface area (Å²) < 4.78 is 13.9. The van der Waals surface area contributed by atoms with Crippen LogP contribution in [-0.2, 0) is 13.0 Å². The number of pyridine rings is 1. The maximum absolute atomic E-state index is 12.4. The first kappa shape index (κ1) is 13.2. The molecular formula is C13H17FN4O. The van der Waals surface area contributed by atoms with Gasteiger partial charge in [0.2, 0.25) is 0 Å². The minimum atomic E-state index is -0.424. The quantitative estimate of drug-likeness (QED) is 0.763. The summed E-state index contributed by atoms with van der Waals surface area (Å²) in [5, 5.41) is 3.00. The molecule has 2 aromatic rings. The van der Waals surface area contributed by atoms with Crippen LogP contribution in [0.15, 0.2) is 29.2 Å². The molecule has 0 saturated heterocycles. The van der Waals surface area contributed by atoms with Crippen LogP contribution in [0, 0.1) is 0 Å². The fraction of sp³-hybridized carbons (Fsp3) is 0.308. The maximum Gasteiger partial charge on any atom is 0.274 e. The Labute approximate surface area is 110 Å². The average Bonchev–Trinajstić information content (AvgIpc) is 2.77. The van der Waals surface area contributed by atoms with Crippen molar-refractivity contribution in [1.82, 2.24) is 9.55 Å². The second-order valence-corrected chi connectivity index (χ2v) is 4.27. The zero-order chi connectivity index (χ0) is 13.8. The lowest BCUT2D eigenvalue weighted by Gasteiger charge is -2.04. The van der Waals surface area contributed by atoms with Crippen molar-refractivity contribution in [2.24, 2.45) is 0 Å². The van der Waals surface area contributed by atoms with Crippen LogP contribution in [0.5, 0.6) is 0 Å². The SMILES string of the molecule is CNc1cc(Cn2cccc(N)c2=O)[nH]c1CCF. The number of nitrogens with zero attached hydrogens (tertiary/aromatic N) is 1. The van der Waals surface area contributed by atoms with E-state index in [1.54, 1.807) is 25.4 Å². The van der Waals surface area contributed by atoms with Gasteiger partial charge in [-0.05, 0) is 18.2 Å². The standard InChI is InChI=1S/C13H17FN4O/c1-16-12-7-9(17-11(12)4-5-14)8-18-6-2-3-10(15)13(18)19/h2-3,6-7,16-17H,4-5,8,15H2,1H3. The second kappa shape index (κ2) is 5.60. The third-order valence-electron chi connectivity index (χ3n) is 2.96. The predicted molar refractivity (Wildman–Crippen MR) is 74.2 cm³/mol. The van der Waals surface area contributed by atoms with Gasteiger partial charge in [-0.3, -0.25) is 9.18 Å². The molecule has 0 unspecified atom stereocenters. The molecule has 0 aliphatic heterocycles. The number of aromatic amines is 1. The van der Waals surface area contributed by atoms with Crippen LogP contribution in [0.1, 0.15) is 11.4 Å². The van der Waals surface area contributed by atoms with E-state index < -0.39 is 6.67 Å². The Morgan fingerprint density at radius 3 is 3.00 bits per heavy atom. The molecule has 0 fully saturated rings. The Bertz CT molecular complexity index is 617. The van der Waals surface area contributed by atoms with Gasteiger partial charge >= 0.3 is 0 Å². The summed E-state index contributed by atoms with van der Waals surface area (Å²) in [6, 6.07) is 5.17. The van der Waals surface area contributed by atoms with E-state index in [0.717, 1.165) is 17.1 Å². The first-order chi connectivity index (χ1) is 9.15. The van der Waals surface area contributed by atoms with Gasteiger partial charge in [0, 0.05) is 31.1 Å². The molecule has 2 rings (SSSR count). The molecule has 0 saturated carbocycles. The van der Waals surface area contributed by atoms with E-state index in [0.29, 0.717) is 13.0 Å². The van der Waals surface area contributed by atoms with E-state index in [9.17, 15) is 9.18 Å². The highest BCUT2D eigenvalue weighted by atomic mass is 19.1. The number of H-pyrrole nitrogens is 1. The van der Waals surface area contributed by atoms with Crippen molar-refractivity contribution in [3.05, 3.63) is 46.1 Å². The Balaban J connectivity index is 2.28. The van der Waals surface area contributed by atoms with Gasteiger partial charge in [-0.2, -0.15) is 0 Å². The Morgan fingerprint density at radius 2 is 2.32 bits per heavy atom. The molecule has 5 nitrogen and oxygen atoms in total. The molecule has 0 aromatic carbocycles. The fourth-order valence-corrected chi connectivity index (χ4v) is 2.02. The molecule has 19 heavy (non-hydrogen) atoms. The normalized spacial score (nSPS) is 10.6. The molecule has 102 valence electrons. The highest BCUT2D eigenvalue weighted by Crippen LogP contribution is 2.18. The Hall–Kier alpha value is -2.24. The number of alkyl halides is 1. The Kier molecular flexibility index (Phi) is 3.89. The molecule has 6 heteroatoms. The van der Waals surface area contributed by atoms with E-state index in [-0.39, 0.29) is 11.2 Å². The van der Waals surface area contributed by atoms with E-state index in [2.05, 4.69) is 10.3 Å². The lowest BCUT2D eigenvalue weighted by atomic mass is 10.3. The molecule has 0 spiro atoms.